The lowest BCUT2D eigenvalue weighted by Gasteiger charge is -2.33. The molecule has 0 aliphatic rings. The minimum Gasteiger partial charge on any atom is -0.373 e. The number of aromatic nitrogens is 2. The number of hydrogen-bond donors (Lipinski definition) is 2. The molecule has 0 saturated carbocycles. The summed E-state index contributed by atoms with van der Waals surface area (Å²) in [5.41, 5.74) is -5.93. The van der Waals surface area contributed by atoms with Gasteiger partial charge in [-0.05, 0) is 67.8 Å². The highest BCUT2D eigenvalue weighted by Crippen LogP contribution is 2.47. The smallest absolute Gasteiger partial charge is 0.328 e. The Morgan fingerprint density at radius 1 is 0.517 bits per heavy atom. The maximum absolute atomic E-state index is 15.3. The number of alkyl halides is 4. The Morgan fingerprint density at radius 3 is 1.20 bits per heavy atom. The molecule has 0 radical (unpaired) electrons. The number of hydrogen-bond acceptors (Lipinski definition) is 8. The van der Waals surface area contributed by atoms with Crippen LogP contribution in [0.1, 0.15) is 39.2 Å². The predicted octanol–water partition coefficient (Wildman–Crippen LogP) is 9.35. The highest BCUT2D eigenvalue weighted by atomic mass is 19.3. The monoisotopic (exact) mass is 836 g/mol. The summed E-state index contributed by atoms with van der Waals surface area (Å²) in [5, 5.41) is 43.5. The van der Waals surface area contributed by atoms with Crippen LogP contribution >= 0.6 is 0 Å². The average molecular weight is 837 g/mol. The Hall–Kier alpha value is -6.59. The lowest BCUT2D eigenvalue weighted by molar-refractivity contribution is -0.514. The van der Waals surface area contributed by atoms with Crippen LogP contribution in [-0.2, 0) is 23.0 Å². The number of nitrogens with zero attached hydrogens (tertiary/aromatic N) is 4. The van der Waals surface area contributed by atoms with Gasteiger partial charge in [-0.15, -0.1) is 0 Å². The van der Waals surface area contributed by atoms with E-state index in [0.717, 1.165) is 47.2 Å². The van der Waals surface area contributed by atoms with Crippen LogP contribution in [0.15, 0.2) is 122 Å². The summed E-state index contributed by atoms with van der Waals surface area (Å²) in [4.78, 5) is 27.2. The summed E-state index contributed by atoms with van der Waals surface area (Å²) in [6, 6.07) is 23.7. The number of benzene rings is 4. The zero-order valence-electron chi connectivity index (χ0n) is 31.9. The van der Waals surface area contributed by atoms with E-state index in [1.54, 1.807) is 24.3 Å². The molecule has 2 aromatic heterocycles. The molecule has 17 heteroatoms. The lowest BCUT2D eigenvalue weighted by Crippen LogP contribution is -2.49. The first-order valence-electron chi connectivity index (χ1n) is 17.8. The van der Waals surface area contributed by atoms with Gasteiger partial charge in [-0.25, -0.2) is 13.2 Å². The zero-order chi connectivity index (χ0) is 44.2. The standard InChI is InChI=1S/C22H19F3N2O3.C21H16F4N2O3/c1-14-3-6-16(7-4-14)17-8-10-20(26-12-17)22(24,25)21(28,13-27(29)30)18-9-5-15(2)11-19(18)23;1-13-2-4-14(5-3-13)15-6-9-19(26-11-15)21(24,25)20(28,12-27(29)30)17-8-7-16(22)10-18(17)23/h3-12,28H,13H2,1-2H3;2-11,28H,12H2,1H3/t21-;20-/m10/s1. The van der Waals surface area contributed by atoms with Crippen molar-refractivity contribution in [1.29, 1.82) is 0 Å². The van der Waals surface area contributed by atoms with Crippen LogP contribution < -0.4 is 0 Å². The van der Waals surface area contributed by atoms with Crippen molar-refractivity contribution in [1.82, 2.24) is 9.97 Å². The van der Waals surface area contributed by atoms with E-state index in [-0.39, 0.29) is 6.07 Å². The molecule has 0 saturated heterocycles. The number of halogens is 7. The maximum atomic E-state index is 15.3. The molecule has 0 unspecified atom stereocenters. The van der Waals surface area contributed by atoms with Crippen molar-refractivity contribution in [2.45, 2.75) is 43.8 Å². The van der Waals surface area contributed by atoms with Crippen molar-refractivity contribution in [3.63, 3.8) is 0 Å². The number of aliphatic hydroxyl groups is 2. The molecule has 60 heavy (non-hydrogen) atoms. The van der Waals surface area contributed by atoms with Crippen molar-refractivity contribution in [3.05, 3.63) is 198 Å². The average Bonchev–Trinajstić information content (AvgIpc) is 3.18. The summed E-state index contributed by atoms with van der Waals surface area (Å²) in [6.45, 7) is 2.01. The van der Waals surface area contributed by atoms with Crippen LogP contribution in [0, 0.1) is 58.5 Å². The molecule has 0 aliphatic carbocycles. The van der Waals surface area contributed by atoms with Gasteiger partial charge in [0.15, 0.2) is 0 Å². The summed E-state index contributed by atoms with van der Waals surface area (Å²) >= 11 is 0. The van der Waals surface area contributed by atoms with Crippen LogP contribution in [0.2, 0.25) is 0 Å². The van der Waals surface area contributed by atoms with E-state index in [1.807, 2.05) is 38.1 Å². The Labute approximate surface area is 337 Å². The second-order valence-electron chi connectivity index (χ2n) is 14.1. The molecule has 0 aliphatic heterocycles. The van der Waals surface area contributed by atoms with E-state index in [1.165, 1.54) is 31.3 Å². The molecule has 312 valence electrons. The van der Waals surface area contributed by atoms with Gasteiger partial charge in [0.25, 0.3) is 0 Å². The number of aryl methyl sites for hydroxylation is 3. The topological polar surface area (TPSA) is 153 Å². The molecular weight excluding hydrogens is 801 g/mol. The Kier molecular flexibility index (Phi) is 12.9. The van der Waals surface area contributed by atoms with E-state index in [9.17, 15) is 43.6 Å². The molecule has 6 aromatic rings. The summed E-state index contributed by atoms with van der Waals surface area (Å²) in [5.74, 6) is -12.4. The van der Waals surface area contributed by atoms with Crippen molar-refractivity contribution in [3.8, 4) is 22.3 Å². The van der Waals surface area contributed by atoms with E-state index >= 15 is 17.6 Å². The van der Waals surface area contributed by atoms with Crippen molar-refractivity contribution < 1.29 is 50.8 Å². The maximum Gasteiger partial charge on any atom is 0.328 e. The largest absolute Gasteiger partial charge is 0.373 e. The van der Waals surface area contributed by atoms with E-state index in [2.05, 4.69) is 9.97 Å². The third-order valence-electron chi connectivity index (χ3n) is 9.64. The predicted molar refractivity (Wildman–Crippen MR) is 206 cm³/mol. The number of nitro groups is 2. The fraction of sp³-hybridized carbons (Fsp3) is 0.209. The van der Waals surface area contributed by atoms with Gasteiger partial charge >= 0.3 is 11.8 Å². The van der Waals surface area contributed by atoms with E-state index in [0.29, 0.717) is 34.4 Å². The van der Waals surface area contributed by atoms with Gasteiger partial charge in [0, 0.05) is 50.6 Å². The third kappa shape index (κ3) is 9.16. The molecule has 2 N–H and O–H groups in total. The normalized spacial score (nSPS) is 13.7. The minimum atomic E-state index is -4.36. The van der Waals surface area contributed by atoms with Gasteiger partial charge in [-0.3, -0.25) is 30.2 Å². The van der Waals surface area contributed by atoms with Gasteiger partial charge in [-0.1, -0.05) is 83.9 Å². The summed E-state index contributed by atoms with van der Waals surface area (Å²) < 4.78 is 103. The molecule has 0 spiro atoms. The van der Waals surface area contributed by atoms with Gasteiger partial charge < -0.3 is 10.2 Å². The van der Waals surface area contributed by atoms with Crippen LogP contribution in [0.3, 0.4) is 0 Å². The molecule has 2 heterocycles. The molecule has 4 aromatic carbocycles. The van der Waals surface area contributed by atoms with Gasteiger partial charge in [0.05, 0.1) is 0 Å². The number of rotatable bonds is 12. The fourth-order valence-corrected chi connectivity index (χ4v) is 6.28. The first kappa shape index (κ1) is 44.5. The molecule has 10 nitrogen and oxygen atoms in total. The van der Waals surface area contributed by atoms with Gasteiger partial charge in [-0.2, -0.15) is 17.6 Å². The molecule has 0 bridgehead atoms. The Morgan fingerprint density at radius 2 is 0.867 bits per heavy atom. The summed E-state index contributed by atoms with van der Waals surface area (Å²) in [6.07, 6.45) is 2.31. The molecule has 2 atom stereocenters. The van der Waals surface area contributed by atoms with Crippen LogP contribution in [-0.4, -0.2) is 43.1 Å². The van der Waals surface area contributed by atoms with E-state index in [4.69, 9.17) is 0 Å². The quantitative estimate of drug-likeness (QED) is 0.0703. The molecule has 0 amide bonds. The fourth-order valence-electron chi connectivity index (χ4n) is 6.28. The Bertz CT molecular complexity index is 2320. The van der Waals surface area contributed by atoms with Crippen LogP contribution in [0.4, 0.5) is 30.7 Å². The first-order chi connectivity index (χ1) is 28.1. The van der Waals surface area contributed by atoms with Gasteiger partial charge in [0.1, 0.15) is 28.8 Å². The van der Waals surface area contributed by atoms with Crippen molar-refractivity contribution in [2.75, 3.05) is 13.1 Å². The highest BCUT2D eigenvalue weighted by Gasteiger charge is 2.62. The molecule has 6 rings (SSSR count). The minimum absolute atomic E-state index is 0.268. The molecule has 0 fully saturated rings. The van der Waals surface area contributed by atoms with Gasteiger partial charge in [0.2, 0.25) is 24.3 Å². The SMILES string of the molecule is Cc1ccc(-c2ccc(C(F)(F)[C@@](O)(C[N+](=O)[O-])c3ccc(C)cc3F)nc2)cc1.Cc1ccc(-c2ccc(C(F)(F)[C@](O)(C[N+](=O)[O-])c3ccc(F)cc3F)nc2)cc1. The third-order valence-corrected chi connectivity index (χ3v) is 9.64. The van der Waals surface area contributed by atoms with Crippen LogP contribution in [0.5, 0.6) is 0 Å². The second-order valence-corrected chi connectivity index (χ2v) is 14.1. The van der Waals surface area contributed by atoms with Crippen molar-refractivity contribution in [2.24, 2.45) is 0 Å². The summed E-state index contributed by atoms with van der Waals surface area (Å²) in [7, 11) is 0. The Balaban J connectivity index is 0.000000228. The lowest BCUT2D eigenvalue weighted by atomic mass is 9.84. The van der Waals surface area contributed by atoms with E-state index < -0.39 is 85.9 Å². The second kappa shape index (κ2) is 17.3. The van der Waals surface area contributed by atoms with Crippen LogP contribution in [0.25, 0.3) is 22.3 Å². The molecular formula is C43H35F7N4O6. The highest BCUT2D eigenvalue weighted by molar-refractivity contribution is 5.63. The first-order valence-corrected chi connectivity index (χ1v) is 17.8. The zero-order valence-corrected chi connectivity index (χ0v) is 31.9. The van der Waals surface area contributed by atoms with Crippen molar-refractivity contribution >= 4 is 0 Å². The number of pyridine rings is 2.